The van der Waals surface area contributed by atoms with Gasteiger partial charge in [-0.25, -0.2) is 0 Å². The molecule has 0 atom stereocenters. The van der Waals surface area contributed by atoms with Gasteiger partial charge in [-0.15, -0.1) is 11.6 Å². The van der Waals surface area contributed by atoms with Gasteiger partial charge in [-0.1, -0.05) is 18.2 Å². The highest BCUT2D eigenvalue weighted by Gasteiger charge is 2.33. The zero-order valence-electron chi connectivity index (χ0n) is 17.5. The highest BCUT2D eigenvalue weighted by atomic mass is 35.5. The lowest BCUT2D eigenvalue weighted by Crippen LogP contribution is -2.50. The highest BCUT2D eigenvalue weighted by molar-refractivity contribution is 6.19. The third-order valence-electron chi connectivity index (χ3n) is 5.26. The van der Waals surface area contributed by atoms with Crippen molar-refractivity contribution in [2.45, 2.75) is 59.4 Å². The van der Waals surface area contributed by atoms with Crippen LogP contribution in [0.15, 0.2) is 18.2 Å². The number of carbonyl (C=O) groups excluding carboxylic acids is 2. The molecule has 5 nitrogen and oxygen atoms in total. The Morgan fingerprint density at radius 3 is 2.39 bits per heavy atom. The number of rotatable bonds is 8. The van der Waals surface area contributed by atoms with Crippen molar-refractivity contribution < 1.29 is 14.3 Å². The van der Waals surface area contributed by atoms with Crippen molar-refractivity contribution in [2.24, 2.45) is 5.41 Å². The molecule has 156 valence electrons. The molecule has 0 unspecified atom stereocenters. The van der Waals surface area contributed by atoms with Crippen molar-refractivity contribution >= 4 is 23.4 Å². The van der Waals surface area contributed by atoms with Crippen LogP contribution in [0.5, 0.6) is 5.75 Å². The van der Waals surface area contributed by atoms with E-state index in [0.29, 0.717) is 38.4 Å². The summed E-state index contributed by atoms with van der Waals surface area (Å²) in [6.07, 6.45) is 2.70. The van der Waals surface area contributed by atoms with Crippen molar-refractivity contribution in [1.82, 2.24) is 10.2 Å². The Kier molecular flexibility index (Phi) is 8.17. The molecule has 1 aromatic rings. The Balaban J connectivity index is 1.67. The normalized spacial score (nSPS) is 15.4. The summed E-state index contributed by atoms with van der Waals surface area (Å²) in [7, 11) is 0. The highest BCUT2D eigenvalue weighted by Crippen LogP contribution is 2.24. The molecule has 1 heterocycles. The van der Waals surface area contributed by atoms with E-state index in [1.807, 2.05) is 50.8 Å². The molecule has 1 saturated heterocycles. The average Bonchev–Trinajstić information content (AvgIpc) is 2.67. The summed E-state index contributed by atoms with van der Waals surface area (Å²) in [6, 6.07) is 6.21. The molecule has 6 heteroatoms. The van der Waals surface area contributed by atoms with E-state index in [-0.39, 0.29) is 17.9 Å². The number of benzene rings is 1. The minimum atomic E-state index is -0.535. The van der Waals surface area contributed by atoms with Gasteiger partial charge in [0.15, 0.2) is 0 Å². The fourth-order valence-electron chi connectivity index (χ4n) is 3.45. The van der Waals surface area contributed by atoms with Gasteiger partial charge in [-0.3, -0.25) is 9.59 Å². The van der Waals surface area contributed by atoms with Crippen LogP contribution in [0.4, 0.5) is 0 Å². The molecule has 0 spiro atoms. The number of para-hydroxylation sites is 1. The van der Waals surface area contributed by atoms with E-state index in [4.69, 9.17) is 16.3 Å². The number of nitrogens with zero attached hydrogens (tertiary/aromatic N) is 1. The van der Waals surface area contributed by atoms with Crippen molar-refractivity contribution in [3.8, 4) is 5.75 Å². The molecule has 0 radical (unpaired) electrons. The first-order valence-corrected chi connectivity index (χ1v) is 10.6. The fourth-order valence-corrected chi connectivity index (χ4v) is 3.56. The van der Waals surface area contributed by atoms with E-state index in [9.17, 15) is 9.59 Å². The Bertz CT molecular complexity index is 662. The summed E-state index contributed by atoms with van der Waals surface area (Å²) in [5.74, 6) is 1.37. The van der Waals surface area contributed by atoms with E-state index in [2.05, 4.69) is 5.32 Å². The predicted molar refractivity (Wildman–Crippen MR) is 113 cm³/mol. The van der Waals surface area contributed by atoms with E-state index < -0.39 is 5.41 Å². The van der Waals surface area contributed by atoms with Gasteiger partial charge >= 0.3 is 0 Å². The molecule has 0 aliphatic carbocycles. The maximum Gasteiger partial charge on any atom is 0.229 e. The van der Waals surface area contributed by atoms with Gasteiger partial charge in [0.05, 0.1) is 12.0 Å². The summed E-state index contributed by atoms with van der Waals surface area (Å²) in [5, 5.41) is 3.09. The molecule has 1 aromatic carbocycles. The quantitative estimate of drug-likeness (QED) is 0.525. The lowest BCUT2D eigenvalue weighted by Gasteiger charge is -2.36. The standard InChI is InChI=1S/C22H33ClN2O3/c1-16-7-5-8-17(2)20(16)28-14-6-9-19(26)24-18-10-12-25(13-11-18)21(27)22(3,4)15-23/h5,7-8,18H,6,9-15H2,1-4H3,(H,24,26). The predicted octanol–water partition coefficient (Wildman–Crippen LogP) is 3.83. The van der Waals surface area contributed by atoms with Crippen LogP contribution < -0.4 is 10.1 Å². The molecule has 0 aromatic heterocycles. The zero-order valence-corrected chi connectivity index (χ0v) is 18.3. The summed E-state index contributed by atoms with van der Waals surface area (Å²) in [4.78, 5) is 26.5. The van der Waals surface area contributed by atoms with E-state index in [1.165, 1.54) is 0 Å². The van der Waals surface area contributed by atoms with Gasteiger partial charge in [-0.05, 0) is 58.1 Å². The number of hydrogen-bond acceptors (Lipinski definition) is 3. The summed E-state index contributed by atoms with van der Waals surface area (Å²) < 4.78 is 5.86. The van der Waals surface area contributed by atoms with Crippen LogP contribution in [0.2, 0.25) is 0 Å². The molecular weight excluding hydrogens is 376 g/mol. The number of halogens is 1. The minimum Gasteiger partial charge on any atom is -0.493 e. The minimum absolute atomic E-state index is 0.0518. The van der Waals surface area contributed by atoms with Crippen molar-refractivity contribution in [2.75, 3.05) is 25.6 Å². The van der Waals surface area contributed by atoms with Gasteiger partial charge in [0.2, 0.25) is 11.8 Å². The number of aryl methyl sites for hydroxylation is 2. The summed E-state index contributed by atoms with van der Waals surface area (Å²) in [6.45, 7) is 9.66. The molecule has 1 aliphatic heterocycles. The van der Waals surface area contributed by atoms with E-state index in [1.54, 1.807) is 0 Å². The molecule has 2 amide bonds. The molecule has 1 aliphatic rings. The number of amides is 2. The monoisotopic (exact) mass is 408 g/mol. The number of piperidine rings is 1. The van der Waals surface area contributed by atoms with Crippen LogP contribution in [0, 0.1) is 19.3 Å². The molecule has 1 N–H and O–H groups in total. The lowest BCUT2D eigenvalue weighted by molar-refractivity contribution is -0.140. The van der Waals surface area contributed by atoms with Crippen LogP contribution in [0.1, 0.15) is 50.7 Å². The van der Waals surface area contributed by atoms with Crippen molar-refractivity contribution in [3.63, 3.8) is 0 Å². The van der Waals surface area contributed by atoms with E-state index in [0.717, 1.165) is 29.7 Å². The second-order valence-corrected chi connectivity index (χ2v) is 8.59. The number of ether oxygens (including phenoxy) is 1. The second kappa shape index (κ2) is 10.1. The number of alkyl halides is 1. The maximum absolute atomic E-state index is 12.5. The first kappa shape index (κ1) is 22.5. The fraction of sp³-hybridized carbons (Fsp3) is 0.636. The zero-order chi connectivity index (χ0) is 20.7. The Morgan fingerprint density at radius 1 is 1.21 bits per heavy atom. The second-order valence-electron chi connectivity index (χ2n) is 8.32. The Hall–Kier alpha value is -1.75. The molecule has 28 heavy (non-hydrogen) atoms. The third kappa shape index (κ3) is 6.13. The summed E-state index contributed by atoms with van der Waals surface area (Å²) in [5.41, 5.74) is 1.69. The Morgan fingerprint density at radius 2 is 1.82 bits per heavy atom. The third-order valence-corrected chi connectivity index (χ3v) is 5.93. The number of likely N-dealkylation sites (tertiary alicyclic amines) is 1. The molecular formula is C22H33ClN2O3. The van der Waals surface area contributed by atoms with Gasteiger partial charge < -0.3 is 15.0 Å². The van der Waals surface area contributed by atoms with Gasteiger partial charge in [-0.2, -0.15) is 0 Å². The first-order chi connectivity index (χ1) is 13.2. The van der Waals surface area contributed by atoms with Crippen LogP contribution in [-0.2, 0) is 9.59 Å². The number of nitrogens with one attached hydrogen (secondary N) is 1. The molecule has 0 bridgehead atoms. The molecule has 0 saturated carbocycles. The van der Waals surface area contributed by atoms with Gasteiger partial charge in [0, 0.05) is 31.4 Å². The van der Waals surface area contributed by atoms with Gasteiger partial charge in [0.1, 0.15) is 5.75 Å². The summed E-state index contributed by atoms with van der Waals surface area (Å²) >= 11 is 5.91. The largest absolute Gasteiger partial charge is 0.493 e. The first-order valence-electron chi connectivity index (χ1n) is 10.1. The van der Waals surface area contributed by atoms with Crippen molar-refractivity contribution in [1.29, 1.82) is 0 Å². The smallest absolute Gasteiger partial charge is 0.229 e. The lowest BCUT2D eigenvalue weighted by atomic mass is 9.92. The van der Waals surface area contributed by atoms with Gasteiger partial charge in [0.25, 0.3) is 0 Å². The SMILES string of the molecule is Cc1cccc(C)c1OCCCC(=O)NC1CCN(C(=O)C(C)(C)CCl)CC1. The number of hydrogen-bond donors (Lipinski definition) is 1. The van der Waals surface area contributed by atoms with E-state index >= 15 is 0 Å². The van der Waals surface area contributed by atoms with Crippen molar-refractivity contribution in [3.05, 3.63) is 29.3 Å². The van der Waals surface area contributed by atoms with Crippen LogP contribution in [-0.4, -0.2) is 48.3 Å². The Labute approximate surface area is 173 Å². The van der Waals surface area contributed by atoms with Crippen LogP contribution in [0.3, 0.4) is 0 Å². The van der Waals surface area contributed by atoms with Crippen LogP contribution >= 0.6 is 11.6 Å². The molecule has 2 rings (SSSR count). The van der Waals surface area contributed by atoms with Crippen LogP contribution in [0.25, 0.3) is 0 Å². The molecule has 1 fully saturated rings. The maximum atomic E-state index is 12.5. The average molecular weight is 409 g/mol. The topological polar surface area (TPSA) is 58.6 Å². The number of carbonyl (C=O) groups is 2.